The van der Waals surface area contributed by atoms with E-state index in [0.29, 0.717) is 0 Å². The van der Waals surface area contributed by atoms with Gasteiger partial charge in [-0.25, -0.2) is 9.29 Å². The van der Waals surface area contributed by atoms with E-state index >= 15 is 0 Å². The Morgan fingerprint density at radius 3 is 1.57 bits per heavy atom. The predicted octanol–water partition coefficient (Wildman–Crippen LogP) is 2.82. The third-order valence-electron chi connectivity index (χ3n) is 4.97. The smallest absolute Gasteiger partial charge is 0.265 e. The van der Waals surface area contributed by atoms with Gasteiger partial charge in [0.05, 0.1) is 28.0 Å². The quantitative estimate of drug-likeness (QED) is 0.767. The molecule has 140 valence electrons. The van der Waals surface area contributed by atoms with Crippen LogP contribution in [0.1, 0.15) is 48.4 Å². The summed E-state index contributed by atoms with van der Waals surface area (Å²) in [6.45, 7) is 0.401. The summed E-state index contributed by atoms with van der Waals surface area (Å²) in [6, 6.07) is 11.1. The topological polar surface area (TPSA) is 74.8 Å². The van der Waals surface area contributed by atoms with Gasteiger partial charge in [0.2, 0.25) is 0 Å². The van der Waals surface area contributed by atoms with Crippen molar-refractivity contribution in [1.29, 1.82) is 0 Å². The average Bonchev–Trinajstić information content (AvgIpc) is 3.12. The number of hydrogen-bond acceptors (Lipinski definition) is 4. The molecule has 28 heavy (non-hydrogen) atoms. The van der Waals surface area contributed by atoms with E-state index in [1.165, 1.54) is 37.3 Å². The Labute approximate surface area is 159 Å². The molecule has 0 spiro atoms. The zero-order valence-corrected chi connectivity index (χ0v) is 14.9. The first-order valence-electron chi connectivity index (χ1n) is 8.68. The van der Waals surface area contributed by atoms with Crippen molar-refractivity contribution in [3.63, 3.8) is 0 Å². The van der Waals surface area contributed by atoms with Crippen LogP contribution in [0.25, 0.3) is 0 Å². The summed E-state index contributed by atoms with van der Waals surface area (Å²) in [5.74, 6) is -2.52. The molecule has 4 rings (SSSR count). The first-order chi connectivity index (χ1) is 13.5. The van der Waals surface area contributed by atoms with Crippen molar-refractivity contribution < 1.29 is 23.6 Å². The molecule has 2 heterocycles. The number of rotatable bonds is 4. The fourth-order valence-electron chi connectivity index (χ4n) is 3.67. The number of carbonyl (C=O) groups is 4. The molecule has 7 heteroatoms. The summed E-state index contributed by atoms with van der Waals surface area (Å²) in [4.78, 5) is 52.7. The van der Waals surface area contributed by atoms with Gasteiger partial charge < -0.3 is 0 Å². The molecular weight excluding hydrogens is 363 g/mol. The number of halogens is 1. The van der Waals surface area contributed by atoms with Crippen molar-refractivity contribution in [2.45, 2.75) is 13.0 Å². The molecule has 6 nitrogen and oxygen atoms in total. The maximum atomic E-state index is 14.1. The van der Waals surface area contributed by atoms with Crippen molar-refractivity contribution in [3.05, 3.63) is 82.6 Å². The summed E-state index contributed by atoms with van der Waals surface area (Å²) in [5, 5.41) is 0. The second kappa shape index (κ2) is 6.53. The van der Waals surface area contributed by atoms with Gasteiger partial charge >= 0.3 is 0 Å². The van der Waals surface area contributed by atoms with Crippen LogP contribution in [0, 0.1) is 0 Å². The SMILES string of the molecule is C/C=C(/C(CF)N1C(=O)c2ccccc2C1=O)N1C(=O)c2ccccc2C1=O. The molecule has 0 bridgehead atoms. The van der Waals surface area contributed by atoms with Gasteiger partial charge in [0, 0.05) is 0 Å². The van der Waals surface area contributed by atoms with E-state index in [1.807, 2.05) is 0 Å². The standard InChI is InChI=1S/C21H15FN2O4/c1-2-16(23-18(25)12-7-3-4-8-13(12)19(23)26)17(11-22)24-20(27)14-9-5-6-10-15(14)21(24)28/h2-10,17H,11H2,1H3/b16-2-. The molecule has 0 aromatic heterocycles. The van der Waals surface area contributed by atoms with Crippen molar-refractivity contribution >= 4 is 23.6 Å². The van der Waals surface area contributed by atoms with E-state index in [-0.39, 0.29) is 28.0 Å². The molecule has 2 aliphatic rings. The fourth-order valence-corrected chi connectivity index (χ4v) is 3.67. The molecule has 0 fully saturated rings. The van der Waals surface area contributed by atoms with Gasteiger partial charge in [-0.05, 0) is 31.2 Å². The van der Waals surface area contributed by atoms with E-state index < -0.39 is 36.3 Å². The summed E-state index contributed by atoms with van der Waals surface area (Å²) in [7, 11) is 0. The number of carbonyl (C=O) groups excluding carboxylic acids is 4. The van der Waals surface area contributed by atoms with E-state index in [4.69, 9.17) is 0 Å². The Balaban J connectivity index is 1.75. The number of amides is 4. The molecule has 2 aromatic rings. The fraction of sp³-hybridized carbons (Fsp3) is 0.143. The largest absolute Gasteiger partial charge is 0.269 e. The van der Waals surface area contributed by atoms with Gasteiger partial charge in [0.15, 0.2) is 0 Å². The Bertz CT molecular complexity index is 1010. The lowest BCUT2D eigenvalue weighted by Crippen LogP contribution is -2.47. The van der Waals surface area contributed by atoms with Gasteiger partial charge in [-0.1, -0.05) is 30.3 Å². The van der Waals surface area contributed by atoms with Crippen LogP contribution in [0.2, 0.25) is 0 Å². The minimum absolute atomic E-state index is 0.0387. The highest BCUT2D eigenvalue weighted by atomic mass is 19.1. The van der Waals surface area contributed by atoms with Crippen LogP contribution in [0.3, 0.4) is 0 Å². The van der Waals surface area contributed by atoms with Crippen LogP contribution in [0.15, 0.2) is 60.3 Å². The van der Waals surface area contributed by atoms with Crippen molar-refractivity contribution in [2.24, 2.45) is 0 Å². The minimum atomic E-state index is -1.39. The van der Waals surface area contributed by atoms with Gasteiger partial charge in [0.25, 0.3) is 23.6 Å². The van der Waals surface area contributed by atoms with Crippen LogP contribution >= 0.6 is 0 Å². The van der Waals surface area contributed by atoms with Crippen LogP contribution in [0.5, 0.6) is 0 Å². The molecule has 0 saturated carbocycles. The number of allylic oxidation sites excluding steroid dienone is 1. The zero-order valence-electron chi connectivity index (χ0n) is 14.9. The van der Waals surface area contributed by atoms with Crippen LogP contribution in [-0.2, 0) is 0 Å². The number of benzene rings is 2. The number of fused-ring (bicyclic) bond motifs is 2. The molecule has 2 aromatic carbocycles. The monoisotopic (exact) mass is 378 g/mol. The second-order valence-electron chi connectivity index (χ2n) is 6.40. The number of hydrogen-bond donors (Lipinski definition) is 0. The molecule has 0 saturated heterocycles. The predicted molar refractivity (Wildman–Crippen MR) is 97.4 cm³/mol. The van der Waals surface area contributed by atoms with E-state index in [0.717, 1.165) is 9.80 Å². The van der Waals surface area contributed by atoms with Gasteiger partial charge in [0.1, 0.15) is 12.7 Å². The lowest BCUT2D eigenvalue weighted by molar-refractivity contribution is 0.0519. The third-order valence-corrected chi connectivity index (χ3v) is 4.97. The molecule has 1 atom stereocenters. The summed E-state index contributed by atoms with van der Waals surface area (Å²) in [5.41, 5.74) is 0.703. The highest BCUT2D eigenvalue weighted by Gasteiger charge is 2.46. The molecule has 4 amide bonds. The maximum absolute atomic E-state index is 14.1. The molecule has 0 N–H and O–H groups in total. The molecule has 2 aliphatic heterocycles. The van der Waals surface area contributed by atoms with Gasteiger partial charge in [-0.2, -0.15) is 0 Å². The van der Waals surface area contributed by atoms with Gasteiger partial charge in [-0.3, -0.25) is 24.1 Å². The molecule has 0 aliphatic carbocycles. The summed E-state index contributed by atoms with van der Waals surface area (Å²) in [6.07, 6.45) is 1.38. The first kappa shape index (κ1) is 17.8. The average molecular weight is 378 g/mol. The highest BCUT2D eigenvalue weighted by molar-refractivity contribution is 6.24. The number of imide groups is 2. The van der Waals surface area contributed by atoms with E-state index in [1.54, 1.807) is 24.3 Å². The Morgan fingerprint density at radius 1 is 0.821 bits per heavy atom. The minimum Gasteiger partial charge on any atom is -0.269 e. The molecule has 1 unspecified atom stereocenters. The normalized spacial score (nSPS) is 17.3. The number of nitrogens with zero attached hydrogens (tertiary/aromatic N) is 2. The number of alkyl halides is 1. The highest BCUT2D eigenvalue weighted by Crippen LogP contribution is 2.32. The van der Waals surface area contributed by atoms with Crippen LogP contribution in [0.4, 0.5) is 4.39 Å². The Kier molecular flexibility index (Phi) is 4.15. The maximum Gasteiger partial charge on any atom is 0.265 e. The Morgan fingerprint density at radius 2 is 1.21 bits per heavy atom. The molecule has 0 radical (unpaired) electrons. The zero-order chi connectivity index (χ0) is 20.0. The third kappa shape index (κ3) is 2.32. The Hall–Kier alpha value is -3.61. The van der Waals surface area contributed by atoms with E-state index in [2.05, 4.69) is 0 Å². The molecular formula is C21H15FN2O4. The van der Waals surface area contributed by atoms with Crippen molar-refractivity contribution in [3.8, 4) is 0 Å². The van der Waals surface area contributed by atoms with Gasteiger partial charge in [-0.15, -0.1) is 0 Å². The first-order valence-corrected chi connectivity index (χ1v) is 8.68. The van der Waals surface area contributed by atoms with Crippen molar-refractivity contribution in [2.75, 3.05) is 6.67 Å². The second-order valence-corrected chi connectivity index (χ2v) is 6.40. The van der Waals surface area contributed by atoms with Crippen LogP contribution < -0.4 is 0 Å². The lowest BCUT2D eigenvalue weighted by atomic mass is 10.1. The summed E-state index contributed by atoms with van der Waals surface area (Å²) < 4.78 is 14.1. The van der Waals surface area contributed by atoms with Crippen LogP contribution in [-0.4, -0.2) is 46.1 Å². The van der Waals surface area contributed by atoms with E-state index in [9.17, 15) is 23.6 Å². The van der Waals surface area contributed by atoms with Crippen molar-refractivity contribution in [1.82, 2.24) is 9.80 Å². The summed E-state index contributed by atoms with van der Waals surface area (Å²) >= 11 is 0. The lowest BCUT2D eigenvalue weighted by Gasteiger charge is -2.30.